The number of hydrogen-bond donors (Lipinski definition) is 3. The van der Waals surface area contributed by atoms with Gasteiger partial charge < -0.3 is 10.1 Å². The van der Waals surface area contributed by atoms with Crippen molar-refractivity contribution in [3.05, 3.63) is 96.1 Å². The molecule has 1 aliphatic heterocycles. The van der Waals surface area contributed by atoms with Crippen molar-refractivity contribution in [2.45, 2.75) is 24.3 Å². The second-order valence-electron chi connectivity index (χ2n) is 7.39. The van der Waals surface area contributed by atoms with E-state index in [2.05, 4.69) is 5.32 Å². The van der Waals surface area contributed by atoms with E-state index in [1.54, 1.807) is 5.48 Å². The van der Waals surface area contributed by atoms with Crippen LogP contribution in [-0.2, 0) is 21.4 Å². The molecule has 0 unspecified atom stereocenters. The molecule has 0 aromatic heterocycles. The van der Waals surface area contributed by atoms with Gasteiger partial charge in [0.1, 0.15) is 17.5 Å². The van der Waals surface area contributed by atoms with Crippen LogP contribution >= 0.6 is 0 Å². The minimum absolute atomic E-state index is 0.239. The summed E-state index contributed by atoms with van der Waals surface area (Å²) >= 11 is 0. The molecule has 1 saturated heterocycles. The van der Waals surface area contributed by atoms with E-state index in [-0.39, 0.29) is 12.3 Å². The number of nitrogens with one attached hydrogen (secondary N) is 2. The average molecular weight is 402 g/mol. The van der Waals surface area contributed by atoms with Gasteiger partial charge in [0.15, 0.2) is 0 Å². The zero-order chi connectivity index (χ0) is 21.0. The number of hydroxylamine groups is 1. The molecule has 152 valence electrons. The number of rotatable bonds is 6. The highest BCUT2D eigenvalue weighted by Crippen LogP contribution is 2.39. The second-order valence-corrected chi connectivity index (χ2v) is 7.39. The van der Waals surface area contributed by atoms with Crippen molar-refractivity contribution in [2.24, 2.45) is 0 Å². The maximum absolute atomic E-state index is 13.1. The van der Waals surface area contributed by atoms with Crippen LogP contribution in [0.2, 0.25) is 0 Å². The Bertz CT molecular complexity index is 1020. The number of benzene rings is 3. The molecule has 1 fully saturated rings. The zero-order valence-corrected chi connectivity index (χ0v) is 16.2. The molecule has 0 aliphatic carbocycles. The van der Waals surface area contributed by atoms with Crippen LogP contribution in [0, 0.1) is 0 Å². The molecule has 1 aliphatic rings. The third kappa shape index (κ3) is 3.90. The molecule has 3 aromatic carbocycles. The molecule has 2 atom stereocenters. The fraction of sp³-hybridized carbons (Fsp3) is 0.167. The molecular weight excluding hydrogens is 380 g/mol. The van der Waals surface area contributed by atoms with E-state index in [1.807, 2.05) is 84.9 Å². The second kappa shape index (κ2) is 8.39. The van der Waals surface area contributed by atoms with Gasteiger partial charge in [-0.05, 0) is 48.2 Å². The summed E-state index contributed by atoms with van der Waals surface area (Å²) in [5.41, 5.74) is 2.49. The Morgan fingerprint density at radius 1 is 0.967 bits per heavy atom. The zero-order valence-electron chi connectivity index (χ0n) is 16.2. The lowest BCUT2D eigenvalue weighted by atomic mass is 9.73. The third-order valence-corrected chi connectivity index (χ3v) is 5.45. The first-order valence-corrected chi connectivity index (χ1v) is 9.73. The molecule has 1 heterocycles. The molecule has 0 radical (unpaired) electrons. The lowest BCUT2D eigenvalue weighted by molar-refractivity contribution is -0.132. The number of amides is 2. The van der Waals surface area contributed by atoms with Gasteiger partial charge in [-0.2, -0.15) is 0 Å². The Hall–Kier alpha value is -3.64. The van der Waals surface area contributed by atoms with E-state index >= 15 is 0 Å². The highest BCUT2D eigenvalue weighted by atomic mass is 16.5. The fourth-order valence-corrected chi connectivity index (χ4v) is 3.94. The van der Waals surface area contributed by atoms with Gasteiger partial charge in [-0.25, -0.2) is 5.48 Å². The highest BCUT2D eigenvalue weighted by molar-refractivity contribution is 5.97. The maximum atomic E-state index is 13.1. The van der Waals surface area contributed by atoms with Gasteiger partial charge in [-0.3, -0.25) is 14.8 Å². The maximum Gasteiger partial charge on any atom is 0.265 e. The van der Waals surface area contributed by atoms with Crippen molar-refractivity contribution in [1.82, 2.24) is 10.8 Å². The Morgan fingerprint density at radius 3 is 2.20 bits per heavy atom. The summed E-state index contributed by atoms with van der Waals surface area (Å²) < 4.78 is 5.85. The molecule has 4 rings (SSSR count). The molecule has 0 saturated carbocycles. The van der Waals surface area contributed by atoms with Crippen LogP contribution in [0.3, 0.4) is 0 Å². The van der Waals surface area contributed by atoms with Gasteiger partial charge >= 0.3 is 0 Å². The minimum atomic E-state index is -0.927. The number of hydrogen-bond acceptors (Lipinski definition) is 4. The van der Waals surface area contributed by atoms with Crippen molar-refractivity contribution in [3.63, 3.8) is 0 Å². The Kier molecular flexibility index (Phi) is 5.50. The molecule has 2 amide bonds. The molecule has 6 nitrogen and oxygen atoms in total. The Labute approximate surface area is 174 Å². The van der Waals surface area contributed by atoms with Crippen LogP contribution in [0.1, 0.15) is 17.5 Å². The summed E-state index contributed by atoms with van der Waals surface area (Å²) in [5.74, 6) is 0.518. The van der Waals surface area contributed by atoms with Crippen molar-refractivity contribution in [2.75, 3.05) is 0 Å². The van der Waals surface area contributed by atoms with E-state index in [1.165, 1.54) is 0 Å². The quantitative estimate of drug-likeness (QED) is 0.436. The summed E-state index contributed by atoms with van der Waals surface area (Å²) in [4.78, 5) is 25.1. The summed E-state index contributed by atoms with van der Waals surface area (Å²) in [7, 11) is 0. The smallest absolute Gasteiger partial charge is 0.265 e. The van der Waals surface area contributed by atoms with E-state index in [9.17, 15) is 9.59 Å². The first-order chi connectivity index (χ1) is 14.6. The van der Waals surface area contributed by atoms with Crippen LogP contribution in [0.5, 0.6) is 11.5 Å². The highest BCUT2D eigenvalue weighted by Gasteiger charge is 2.50. The average Bonchev–Trinajstić information content (AvgIpc) is 3.12. The lowest BCUT2D eigenvalue weighted by Gasteiger charge is -2.27. The molecule has 30 heavy (non-hydrogen) atoms. The topological polar surface area (TPSA) is 87.7 Å². The van der Waals surface area contributed by atoms with Crippen LogP contribution in [-0.4, -0.2) is 23.1 Å². The van der Waals surface area contributed by atoms with Gasteiger partial charge in [0.25, 0.3) is 5.91 Å². The van der Waals surface area contributed by atoms with Crippen LogP contribution in [0.4, 0.5) is 0 Å². The number of ether oxygens (including phenoxy) is 1. The van der Waals surface area contributed by atoms with Crippen molar-refractivity contribution in [3.8, 4) is 11.5 Å². The fourth-order valence-electron chi connectivity index (χ4n) is 3.94. The van der Waals surface area contributed by atoms with E-state index < -0.39 is 17.4 Å². The van der Waals surface area contributed by atoms with E-state index in [0.717, 1.165) is 16.9 Å². The van der Waals surface area contributed by atoms with Crippen molar-refractivity contribution < 1.29 is 19.5 Å². The Morgan fingerprint density at radius 2 is 1.57 bits per heavy atom. The normalized spacial score (nSPS) is 20.4. The predicted molar refractivity (Wildman–Crippen MR) is 111 cm³/mol. The molecule has 0 bridgehead atoms. The molecule has 0 spiro atoms. The van der Waals surface area contributed by atoms with Crippen molar-refractivity contribution >= 4 is 11.8 Å². The first kappa shape index (κ1) is 19.7. The standard InChI is InChI=1S/C24H22N2O4/c27-22(26-29)21-16-24(23(28)25-21,15-17-7-3-1-4-8-17)18-11-13-20(14-12-18)30-19-9-5-2-6-10-19/h1-14,21,29H,15-16H2,(H,25,28)(H,26,27)/t21-,24+/m1/s1. The Balaban J connectivity index is 1.66. The summed E-state index contributed by atoms with van der Waals surface area (Å²) in [6, 6.07) is 25.7. The minimum Gasteiger partial charge on any atom is -0.457 e. The molecule has 6 heteroatoms. The number of carbonyl (C=O) groups is 2. The van der Waals surface area contributed by atoms with Gasteiger partial charge in [-0.15, -0.1) is 0 Å². The van der Waals surface area contributed by atoms with Gasteiger partial charge in [0.2, 0.25) is 5.91 Å². The van der Waals surface area contributed by atoms with E-state index in [0.29, 0.717) is 12.2 Å². The monoisotopic (exact) mass is 402 g/mol. The predicted octanol–water partition coefficient (Wildman–Crippen LogP) is 3.35. The first-order valence-electron chi connectivity index (χ1n) is 9.73. The summed E-state index contributed by atoms with van der Waals surface area (Å²) in [6.07, 6.45) is 0.680. The van der Waals surface area contributed by atoms with Crippen molar-refractivity contribution in [1.29, 1.82) is 0 Å². The molecule has 3 N–H and O–H groups in total. The molecular formula is C24H22N2O4. The van der Waals surface area contributed by atoms with Gasteiger partial charge in [-0.1, -0.05) is 60.7 Å². The SMILES string of the molecule is O=C(NO)[C@H]1C[C@@](Cc2ccccc2)(c2ccc(Oc3ccccc3)cc2)C(=O)N1. The number of para-hydroxylation sites is 1. The number of carbonyl (C=O) groups excluding carboxylic acids is 2. The summed E-state index contributed by atoms with van der Waals surface area (Å²) in [5, 5.41) is 11.7. The molecule has 3 aromatic rings. The summed E-state index contributed by atoms with van der Waals surface area (Å²) in [6.45, 7) is 0. The van der Waals surface area contributed by atoms with Crippen LogP contribution < -0.4 is 15.5 Å². The van der Waals surface area contributed by atoms with E-state index in [4.69, 9.17) is 9.94 Å². The van der Waals surface area contributed by atoms with Crippen LogP contribution in [0.15, 0.2) is 84.9 Å². The van der Waals surface area contributed by atoms with Gasteiger partial charge in [0, 0.05) is 0 Å². The van der Waals surface area contributed by atoms with Gasteiger partial charge in [0.05, 0.1) is 5.41 Å². The third-order valence-electron chi connectivity index (χ3n) is 5.45. The lowest BCUT2D eigenvalue weighted by Crippen LogP contribution is -2.40. The van der Waals surface area contributed by atoms with Crippen LogP contribution in [0.25, 0.3) is 0 Å². The largest absolute Gasteiger partial charge is 0.457 e.